The molecule has 1 fully saturated rings. The number of anilines is 1. The van der Waals surface area contributed by atoms with Crippen LogP contribution in [0.4, 0.5) is 5.69 Å². The Labute approximate surface area is 126 Å². The highest BCUT2D eigenvalue weighted by Crippen LogP contribution is 2.27. The van der Waals surface area contributed by atoms with Gasteiger partial charge in [0.05, 0.1) is 18.4 Å². The Morgan fingerprint density at radius 3 is 2.86 bits per heavy atom. The number of β-amino-alcohol motifs (C(OH)–C–C–N with tert-alkyl or cyclic N) is 1. The molecule has 5 nitrogen and oxygen atoms in total. The number of ether oxygens (including phenoxy) is 1. The summed E-state index contributed by atoms with van der Waals surface area (Å²) >= 11 is 0. The van der Waals surface area contributed by atoms with Gasteiger partial charge in [0, 0.05) is 33.1 Å². The van der Waals surface area contributed by atoms with Gasteiger partial charge in [-0.2, -0.15) is 0 Å². The van der Waals surface area contributed by atoms with Crippen LogP contribution in [-0.4, -0.2) is 55.3 Å². The molecule has 0 spiro atoms. The number of rotatable bonds is 7. The highest BCUT2D eigenvalue weighted by atomic mass is 16.5. The van der Waals surface area contributed by atoms with Crippen LogP contribution < -0.4 is 9.64 Å². The molecule has 1 atom stereocenters. The summed E-state index contributed by atoms with van der Waals surface area (Å²) in [6, 6.07) is 7.77. The third-order valence-corrected chi connectivity index (χ3v) is 3.66. The van der Waals surface area contributed by atoms with Crippen LogP contribution in [0.25, 0.3) is 0 Å². The van der Waals surface area contributed by atoms with Gasteiger partial charge in [0.15, 0.2) is 0 Å². The SMILES string of the molecule is CCOc1ccccc1N(C)CC(O)CN1CCCC1=O. The lowest BCUT2D eigenvalue weighted by Gasteiger charge is -2.27. The van der Waals surface area contributed by atoms with Gasteiger partial charge >= 0.3 is 0 Å². The van der Waals surface area contributed by atoms with Gasteiger partial charge < -0.3 is 19.6 Å². The molecular formula is C16H24N2O3. The van der Waals surface area contributed by atoms with Crippen LogP contribution in [0.2, 0.25) is 0 Å². The number of hydrogen-bond donors (Lipinski definition) is 1. The summed E-state index contributed by atoms with van der Waals surface area (Å²) in [4.78, 5) is 15.3. The number of carbonyl (C=O) groups excluding carboxylic acids is 1. The molecule has 2 rings (SSSR count). The van der Waals surface area contributed by atoms with Gasteiger partial charge in [-0.15, -0.1) is 0 Å². The molecule has 1 aromatic carbocycles. The molecule has 1 aromatic rings. The molecule has 1 N–H and O–H groups in total. The van der Waals surface area contributed by atoms with Gasteiger partial charge in [-0.05, 0) is 25.5 Å². The number of para-hydroxylation sites is 2. The van der Waals surface area contributed by atoms with E-state index in [-0.39, 0.29) is 5.91 Å². The van der Waals surface area contributed by atoms with E-state index in [1.54, 1.807) is 4.90 Å². The molecule has 1 saturated heterocycles. The van der Waals surface area contributed by atoms with Crippen molar-refractivity contribution in [3.63, 3.8) is 0 Å². The molecule has 1 amide bonds. The topological polar surface area (TPSA) is 53.0 Å². The Morgan fingerprint density at radius 2 is 2.19 bits per heavy atom. The maximum absolute atomic E-state index is 11.6. The maximum Gasteiger partial charge on any atom is 0.222 e. The molecule has 0 aromatic heterocycles. The highest BCUT2D eigenvalue weighted by Gasteiger charge is 2.23. The number of hydrogen-bond acceptors (Lipinski definition) is 4. The van der Waals surface area contributed by atoms with E-state index in [1.807, 2.05) is 43.1 Å². The smallest absolute Gasteiger partial charge is 0.222 e. The van der Waals surface area contributed by atoms with Crippen LogP contribution in [-0.2, 0) is 4.79 Å². The average Bonchev–Trinajstić information content (AvgIpc) is 2.85. The lowest BCUT2D eigenvalue weighted by molar-refractivity contribution is -0.128. The molecule has 0 saturated carbocycles. The van der Waals surface area contributed by atoms with Gasteiger partial charge in [-0.1, -0.05) is 12.1 Å². The fourth-order valence-electron chi connectivity index (χ4n) is 2.67. The zero-order valence-corrected chi connectivity index (χ0v) is 12.8. The van der Waals surface area contributed by atoms with Crippen LogP contribution >= 0.6 is 0 Å². The normalized spacial score (nSPS) is 16.1. The summed E-state index contributed by atoms with van der Waals surface area (Å²) < 4.78 is 5.60. The first-order chi connectivity index (χ1) is 10.1. The van der Waals surface area contributed by atoms with Crippen molar-refractivity contribution in [1.29, 1.82) is 0 Å². The van der Waals surface area contributed by atoms with E-state index in [0.717, 1.165) is 24.4 Å². The number of nitrogens with zero attached hydrogens (tertiary/aromatic N) is 2. The number of amides is 1. The lowest BCUT2D eigenvalue weighted by Crippen LogP contribution is -2.39. The Kier molecular flexibility index (Phi) is 5.44. The molecule has 1 aliphatic rings. The number of likely N-dealkylation sites (N-methyl/N-ethyl adjacent to an activating group) is 1. The first-order valence-corrected chi connectivity index (χ1v) is 7.50. The van der Waals surface area contributed by atoms with Gasteiger partial charge in [0.2, 0.25) is 5.91 Å². The van der Waals surface area contributed by atoms with Crippen LogP contribution in [0.5, 0.6) is 5.75 Å². The molecule has 1 heterocycles. The third kappa shape index (κ3) is 4.11. The fraction of sp³-hybridized carbons (Fsp3) is 0.562. The summed E-state index contributed by atoms with van der Waals surface area (Å²) in [6.45, 7) is 4.18. The monoisotopic (exact) mass is 292 g/mol. The van der Waals surface area contributed by atoms with Gasteiger partial charge in [0.1, 0.15) is 5.75 Å². The molecule has 0 aliphatic carbocycles. The predicted molar refractivity (Wildman–Crippen MR) is 82.7 cm³/mol. The maximum atomic E-state index is 11.6. The number of aliphatic hydroxyl groups excluding tert-OH is 1. The predicted octanol–water partition coefficient (Wildman–Crippen LogP) is 1.50. The summed E-state index contributed by atoms with van der Waals surface area (Å²) in [6.07, 6.45) is 0.941. The quantitative estimate of drug-likeness (QED) is 0.827. The Hall–Kier alpha value is -1.75. The second-order valence-corrected chi connectivity index (χ2v) is 5.38. The van der Waals surface area contributed by atoms with E-state index in [9.17, 15) is 9.90 Å². The number of likely N-dealkylation sites (tertiary alicyclic amines) is 1. The number of carbonyl (C=O) groups is 1. The van der Waals surface area contributed by atoms with Crippen molar-refractivity contribution in [3.8, 4) is 5.75 Å². The minimum Gasteiger partial charge on any atom is -0.492 e. The van der Waals surface area contributed by atoms with E-state index < -0.39 is 6.10 Å². The Morgan fingerprint density at radius 1 is 1.43 bits per heavy atom. The summed E-state index contributed by atoms with van der Waals surface area (Å²) in [7, 11) is 1.92. The molecule has 5 heteroatoms. The zero-order valence-electron chi connectivity index (χ0n) is 12.8. The molecular weight excluding hydrogens is 268 g/mol. The summed E-state index contributed by atoms with van der Waals surface area (Å²) in [5.41, 5.74) is 0.950. The van der Waals surface area contributed by atoms with Crippen LogP contribution in [0.3, 0.4) is 0 Å². The van der Waals surface area contributed by atoms with Crippen molar-refractivity contribution in [2.45, 2.75) is 25.9 Å². The van der Waals surface area contributed by atoms with Crippen molar-refractivity contribution in [3.05, 3.63) is 24.3 Å². The molecule has 21 heavy (non-hydrogen) atoms. The summed E-state index contributed by atoms with van der Waals surface area (Å²) in [5.74, 6) is 0.957. The molecule has 116 valence electrons. The van der Waals surface area contributed by atoms with E-state index >= 15 is 0 Å². The third-order valence-electron chi connectivity index (χ3n) is 3.66. The summed E-state index contributed by atoms with van der Waals surface area (Å²) in [5, 5.41) is 10.2. The minimum absolute atomic E-state index is 0.145. The molecule has 0 radical (unpaired) electrons. The van der Waals surface area contributed by atoms with Crippen LogP contribution in [0, 0.1) is 0 Å². The largest absolute Gasteiger partial charge is 0.492 e. The van der Waals surface area contributed by atoms with Crippen LogP contribution in [0.1, 0.15) is 19.8 Å². The van der Waals surface area contributed by atoms with E-state index in [1.165, 1.54) is 0 Å². The van der Waals surface area contributed by atoms with Crippen molar-refractivity contribution < 1.29 is 14.6 Å². The zero-order chi connectivity index (χ0) is 15.2. The van der Waals surface area contributed by atoms with Gasteiger partial charge in [-0.25, -0.2) is 0 Å². The van der Waals surface area contributed by atoms with E-state index in [4.69, 9.17) is 4.74 Å². The molecule has 1 aliphatic heterocycles. The van der Waals surface area contributed by atoms with E-state index in [2.05, 4.69) is 0 Å². The standard InChI is InChI=1S/C16H24N2O3/c1-3-21-15-8-5-4-7-14(15)17(2)11-13(19)12-18-10-6-9-16(18)20/h4-5,7-8,13,19H,3,6,9-12H2,1-2H3. The van der Waals surface area contributed by atoms with Gasteiger partial charge in [0.25, 0.3) is 0 Å². The Bertz CT molecular complexity index is 478. The first kappa shape index (κ1) is 15.6. The highest BCUT2D eigenvalue weighted by molar-refractivity contribution is 5.78. The molecule has 1 unspecified atom stereocenters. The molecule has 0 bridgehead atoms. The van der Waals surface area contributed by atoms with Crippen LogP contribution in [0.15, 0.2) is 24.3 Å². The van der Waals surface area contributed by atoms with Crippen molar-refractivity contribution >= 4 is 11.6 Å². The van der Waals surface area contributed by atoms with E-state index in [0.29, 0.717) is 26.1 Å². The minimum atomic E-state index is -0.563. The second kappa shape index (κ2) is 7.31. The Balaban J connectivity index is 1.94. The van der Waals surface area contributed by atoms with Crippen molar-refractivity contribution in [2.24, 2.45) is 0 Å². The number of aliphatic hydroxyl groups is 1. The number of benzene rings is 1. The van der Waals surface area contributed by atoms with Gasteiger partial charge in [-0.3, -0.25) is 4.79 Å². The lowest BCUT2D eigenvalue weighted by atomic mass is 10.2. The first-order valence-electron chi connectivity index (χ1n) is 7.50. The average molecular weight is 292 g/mol. The van der Waals surface area contributed by atoms with Crippen molar-refractivity contribution in [2.75, 3.05) is 38.2 Å². The second-order valence-electron chi connectivity index (χ2n) is 5.38. The fourth-order valence-corrected chi connectivity index (χ4v) is 2.67. The van der Waals surface area contributed by atoms with Crippen molar-refractivity contribution in [1.82, 2.24) is 4.90 Å².